The van der Waals surface area contributed by atoms with Gasteiger partial charge in [-0.15, -0.1) is 11.3 Å². The van der Waals surface area contributed by atoms with Gasteiger partial charge >= 0.3 is 0 Å². The highest BCUT2D eigenvalue weighted by Gasteiger charge is 2.20. The van der Waals surface area contributed by atoms with Crippen molar-refractivity contribution in [2.45, 2.75) is 32.7 Å². The summed E-state index contributed by atoms with van der Waals surface area (Å²) in [5.41, 5.74) is 5.85. The van der Waals surface area contributed by atoms with Crippen LogP contribution in [-0.4, -0.2) is 23.0 Å². The number of nitrogens with zero attached hydrogens (tertiary/aromatic N) is 1. The molecule has 84 valence electrons. The van der Waals surface area contributed by atoms with E-state index in [4.69, 9.17) is 5.73 Å². The second kappa shape index (κ2) is 4.72. The number of hydrogen-bond acceptors (Lipinski definition) is 4. The average Bonchev–Trinajstić information content (AvgIpc) is 2.49. The van der Waals surface area contributed by atoms with E-state index in [2.05, 4.69) is 10.3 Å². The molecular formula is C10H17N3OS. The second-order valence-corrected chi connectivity index (χ2v) is 5.15. The summed E-state index contributed by atoms with van der Waals surface area (Å²) in [7, 11) is 0. The molecule has 0 aliphatic carbocycles. The van der Waals surface area contributed by atoms with Gasteiger partial charge in [-0.25, -0.2) is 4.98 Å². The molecule has 1 aromatic rings. The molecule has 1 amide bonds. The minimum absolute atomic E-state index is 0.130. The van der Waals surface area contributed by atoms with Gasteiger partial charge in [0.15, 0.2) is 0 Å². The Kier molecular flexibility index (Phi) is 3.82. The van der Waals surface area contributed by atoms with Gasteiger partial charge < -0.3 is 11.1 Å². The molecule has 3 N–H and O–H groups in total. The molecule has 0 fully saturated rings. The zero-order chi connectivity index (χ0) is 11.5. The smallest absolute Gasteiger partial charge is 0.239 e. The van der Waals surface area contributed by atoms with E-state index < -0.39 is 5.54 Å². The SMILES string of the molecule is Cc1nc(CCNC(=O)C(C)(C)N)cs1. The van der Waals surface area contributed by atoms with Crippen molar-refractivity contribution in [3.8, 4) is 0 Å². The summed E-state index contributed by atoms with van der Waals surface area (Å²) in [6.45, 7) is 5.93. The molecule has 0 bridgehead atoms. The summed E-state index contributed by atoms with van der Waals surface area (Å²) in [4.78, 5) is 15.7. The van der Waals surface area contributed by atoms with Crippen LogP contribution >= 0.6 is 11.3 Å². The first kappa shape index (κ1) is 12.1. The van der Waals surface area contributed by atoms with Crippen LogP contribution in [-0.2, 0) is 11.2 Å². The first-order chi connectivity index (χ1) is 6.89. The summed E-state index contributed by atoms with van der Waals surface area (Å²) >= 11 is 1.62. The fraction of sp³-hybridized carbons (Fsp3) is 0.600. The normalized spacial score (nSPS) is 11.5. The molecule has 1 aromatic heterocycles. The molecule has 0 unspecified atom stereocenters. The maximum absolute atomic E-state index is 11.4. The standard InChI is InChI=1S/C10H17N3OS/c1-7-13-8(6-15-7)4-5-12-9(14)10(2,3)11/h6H,4-5,11H2,1-3H3,(H,12,14). The summed E-state index contributed by atoms with van der Waals surface area (Å²) in [6.07, 6.45) is 0.756. The monoisotopic (exact) mass is 227 g/mol. The highest BCUT2D eigenvalue weighted by molar-refractivity contribution is 7.09. The van der Waals surface area contributed by atoms with Gasteiger partial charge in [-0.1, -0.05) is 0 Å². The van der Waals surface area contributed by atoms with Crippen LogP contribution in [0.5, 0.6) is 0 Å². The van der Waals surface area contributed by atoms with Crippen molar-refractivity contribution in [3.63, 3.8) is 0 Å². The molecule has 1 heterocycles. The highest BCUT2D eigenvalue weighted by Crippen LogP contribution is 2.07. The highest BCUT2D eigenvalue weighted by atomic mass is 32.1. The molecule has 0 saturated heterocycles. The number of rotatable bonds is 4. The predicted molar refractivity (Wildman–Crippen MR) is 61.8 cm³/mol. The molecule has 0 saturated carbocycles. The Morgan fingerprint density at radius 3 is 2.80 bits per heavy atom. The fourth-order valence-electron chi connectivity index (χ4n) is 1.05. The van der Waals surface area contributed by atoms with Crippen LogP contribution in [0.15, 0.2) is 5.38 Å². The molecule has 5 heteroatoms. The Morgan fingerprint density at radius 2 is 2.33 bits per heavy atom. The maximum atomic E-state index is 11.4. The first-order valence-electron chi connectivity index (χ1n) is 4.88. The zero-order valence-corrected chi connectivity index (χ0v) is 10.1. The molecular weight excluding hydrogens is 210 g/mol. The van der Waals surface area contributed by atoms with Crippen LogP contribution in [0.25, 0.3) is 0 Å². The van der Waals surface area contributed by atoms with Gasteiger partial charge in [0.05, 0.1) is 16.2 Å². The first-order valence-corrected chi connectivity index (χ1v) is 5.76. The number of amides is 1. The molecule has 0 radical (unpaired) electrons. The molecule has 0 aliphatic heterocycles. The van der Waals surface area contributed by atoms with Gasteiger partial charge in [0.1, 0.15) is 0 Å². The van der Waals surface area contributed by atoms with Crippen LogP contribution in [0.1, 0.15) is 24.5 Å². The number of nitrogens with one attached hydrogen (secondary N) is 1. The van der Waals surface area contributed by atoms with Crippen molar-refractivity contribution in [2.75, 3.05) is 6.54 Å². The van der Waals surface area contributed by atoms with Crippen LogP contribution in [0.4, 0.5) is 0 Å². The number of carbonyl (C=O) groups excluding carboxylic acids is 1. The third-order valence-corrected chi connectivity index (χ3v) is 2.74. The van der Waals surface area contributed by atoms with Gasteiger partial charge in [0.25, 0.3) is 0 Å². The minimum Gasteiger partial charge on any atom is -0.354 e. The van der Waals surface area contributed by atoms with E-state index in [0.717, 1.165) is 17.1 Å². The van der Waals surface area contributed by atoms with E-state index in [9.17, 15) is 4.79 Å². The van der Waals surface area contributed by atoms with E-state index in [1.54, 1.807) is 25.2 Å². The van der Waals surface area contributed by atoms with Crippen molar-refractivity contribution < 1.29 is 4.79 Å². The molecule has 15 heavy (non-hydrogen) atoms. The van der Waals surface area contributed by atoms with Gasteiger partial charge in [-0.3, -0.25) is 4.79 Å². The number of hydrogen-bond donors (Lipinski definition) is 2. The van der Waals surface area contributed by atoms with Gasteiger partial charge in [0, 0.05) is 18.3 Å². The molecule has 4 nitrogen and oxygen atoms in total. The molecule has 1 rings (SSSR count). The second-order valence-electron chi connectivity index (χ2n) is 4.09. The summed E-state index contributed by atoms with van der Waals surface area (Å²) in [5.74, 6) is -0.130. The van der Waals surface area contributed by atoms with E-state index >= 15 is 0 Å². The maximum Gasteiger partial charge on any atom is 0.239 e. The van der Waals surface area contributed by atoms with E-state index in [1.807, 2.05) is 12.3 Å². The van der Waals surface area contributed by atoms with Crippen molar-refractivity contribution in [1.29, 1.82) is 0 Å². The van der Waals surface area contributed by atoms with Gasteiger partial charge in [0.2, 0.25) is 5.91 Å². The average molecular weight is 227 g/mol. The molecule has 0 spiro atoms. The van der Waals surface area contributed by atoms with Gasteiger partial charge in [-0.05, 0) is 20.8 Å². The number of aryl methyl sites for hydroxylation is 1. The number of thiazole rings is 1. The predicted octanol–water partition coefficient (Wildman–Crippen LogP) is 0.848. The summed E-state index contributed by atoms with van der Waals surface area (Å²) in [5, 5.41) is 5.84. The van der Waals surface area contributed by atoms with E-state index in [-0.39, 0.29) is 5.91 Å². The lowest BCUT2D eigenvalue weighted by atomic mass is 10.1. The number of aromatic nitrogens is 1. The van der Waals surface area contributed by atoms with E-state index in [0.29, 0.717) is 6.54 Å². The lowest BCUT2D eigenvalue weighted by Crippen LogP contribution is -2.49. The number of carbonyl (C=O) groups is 1. The van der Waals surface area contributed by atoms with Crippen LogP contribution in [0.3, 0.4) is 0 Å². The molecule has 0 aliphatic rings. The van der Waals surface area contributed by atoms with Crippen molar-refractivity contribution in [1.82, 2.24) is 10.3 Å². The largest absolute Gasteiger partial charge is 0.354 e. The van der Waals surface area contributed by atoms with Gasteiger partial charge in [-0.2, -0.15) is 0 Å². The Morgan fingerprint density at radius 1 is 1.67 bits per heavy atom. The summed E-state index contributed by atoms with van der Waals surface area (Å²) in [6, 6.07) is 0. The lowest BCUT2D eigenvalue weighted by molar-refractivity contribution is -0.125. The third kappa shape index (κ3) is 3.97. The lowest BCUT2D eigenvalue weighted by Gasteiger charge is -2.17. The zero-order valence-electron chi connectivity index (χ0n) is 9.33. The topological polar surface area (TPSA) is 68.0 Å². The Labute approximate surface area is 93.9 Å². The van der Waals surface area contributed by atoms with Crippen LogP contribution in [0, 0.1) is 6.92 Å². The van der Waals surface area contributed by atoms with Crippen molar-refractivity contribution in [3.05, 3.63) is 16.1 Å². The molecule has 0 aromatic carbocycles. The van der Waals surface area contributed by atoms with Crippen molar-refractivity contribution in [2.24, 2.45) is 5.73 Å². The molecule has 0 atom stereocenters. The number of nitrogens with two attached hydrogens (primary N) is 1. The fourth-order valence-corrected chi connectivity index (χ4v) is 1.70. The van der Waals surface area contributed by atoms with Crippen LogP contribution < -0.4 is 11.1 Å². The summed E-state index contributed by atoms with van der Waals surface area (Å²) < 4.78 is 0. The Hall–Kier alpha value is -0.940. The minimum atomic E-state index is -0.808. The van der Waals surface area contributed by atoms with E-state index in [1.165, 1.54) is 0 Å². The Bertz CT molecular complexity index is 341. The quantitative estimate of drug-likeness (QED) is 0.801. The third-order valence-electron chi connectivity index (χ3n) is 1.92. The van der Waals surface area contributed by atoms with Crippen LogP contribution in [0.2, 0.25) is 0 Å². The van der Waals surface area contributed by atoms with Crippen molar-refractivity contribution >= 4 is 17.2 Å². The Balaban J connectivity index is 2.31.